The molecule has 3 rings (SSSR count). The fourth-order valence-corrected chi connectivity index (χ4v) is 4.00. The molecule has 2 aromatic carbocycles. The molecule has 3 N–H and O–H groups in total. The molecule has 0 saturated heterocycles. The summed E-state index contributed by atoms with van der Waals surface area (Å²) in [6.07, 6.45) is -6.09. The maximum atomic E-state index is 12.9. The minimum atomic E-state index is -4.64. The Labute approximate surface area is 160 Å². The fraction of sp³-hybridized carbons (Fsp3) is 0.278. The topological polar surface area (TPSA) is 87.3 Å². The second-order valence-corrected chi connectivity index (χ2v) is 8.36. The van der Waals surface area contributed by atoms with Crippen LogP contribution in [0.5, 0.6) is 0 Å². The van der Waals surface area contributed by atoms with Gasteiger partial charge in [0, 0.05) is 5.69 Å². The smallest absolute Gasteiger partial charge is 0.360 e. The average molecular weight is 413 g/mol. The summed E-state index contributed by atoms with van der Waals surface area (Å²) in [4.78, 5) is 12.1. The lowest BCUT2D eigenvalue weighted by atomic mass is 10.0. The third kappa shape index (κ3) is 4.12. The molecule has 1 heterocycles. The summed E-state index contributed by atoms with van der Waals surface area (Å²) in [5.41, 5.74) is 0.191. The third-order valence-electron chi connectivity index (χ3n) is 4.28. The summed E-state index contributed by atoms with van der Waals surface area (Å²) in [5, 5.41) is 5.05. The van der Waals surface area contributed by atoms with Crippen LogP contribution in [0.1, 0.15) is 30.9 Å². The number of fused-ring (bicyclic) bond motifs is 1. The quantitative estimate of drug-likeness (QED) is 0.719. The Bertz CT molecular complexity index is 1000. The number of sulfonamides is 1. The number of carbonyl (C=O) groups is 1. The molecule has 0 unspecified atom stereocenters. The summed E-state index contributed by atoms with van der Waals surface area (Å²) in [5.74, 6) is -0.445. The number of rotatable bonds is 3. The third-order valence-corrected chi connectivity index (χ3v) is 5.76. The molecule has 0 aliphatic carbocycles. The second kappa shape index (κ2) is 7.10. The van der Waals surface area contributed by atoms with E-state index in [1.165, 1.54) is 0 Å². The van der Waals surface area contributed by atoms with Crippen LogP contribution >= 0.6 is 0 Å². The van der Waals surface area contributed by atoms with Crippen molar-refractivity contribution in [3.63, 3.8) is 0 Å². The van der Waals surface area contributed by atoms with Crippen LogP contribution in [0.2, 0.25) is 0 Å². The van der Waals surface area contributed by atoms with Crippen LogP contribution in [0.4, 0.5) is 24.5 Å². The normalized spacial score (nSPS) is 18.3. The zero-order valence-electron chi connectivity index (χ0n) is 15.0. The Morgan fingerprint density at radius 3 is 2.32 bits per heavy atom. The zero-order valence-corrected chi connectivity index (χ0v) is 15.8. The number of halogens is 3. The number of anilines is 2. The first-order chi connectivity index (χ1) is 13.0. The Hall–Kier alpha value is -2.59. The van der Waals surface area contributed by atoms with Crippen molar-refractivity contribution in [1.29, 1.82) is 0 Å². The molecule has 10 heteroatoms. The Morgan fingerprint density at radius 1 is 1.11 bits per heavy atom. The number of nitrogens with one attached hydrogen (secondary N) is 3. The minimum Gasteiger partial charge on any atom is -0.360 e. The van der Waals surface area contributed by atoms with Crippen LogP contribution in [0.3, 0.4) is 0 Å². The van der Waals surface area contributed by atoms with Crippen molar-refractivity contribution in [2.24, 2.45) is 0 Å². The lowest BCUT2D eigenvalue weighted by Crippen LogP contribution is -2.51. The van der Waals surface area contributed by atoms with Crippen molar-refractivity contribution in [2.75, 3.05) is 10.6 Å². The van der Waals surface area contributed by atoms with Crippen molar-refractivity contribution >= 4 is 27.3 Å². The maximum absolute atomic E-state index is 12.9. The van der Waals surface area contributed by atoms with Gasteiger partial charge in [0.2, 0.25) is 10.0 Å². The van der Waals surface area contributed by atoms with Gasteiger partial charge in [0.1, 0.15) is 4.90 Å². The molecular formula is C18H18F3N3O3S. The van der Waals surface area contributed by atoms with Crippen LogP contribution in [-0.4, -0.2) is 20.5 Å². The van der Waals surface area contributed by atoms with Gasteiger partial charge in [-0.25, -0.2) is 8.42 Å². The molecule has 0 spiro atoms. The van der Waals surface area contributed by atoms with Crippen molar-refractivity contribution < 1.29 is 26.4 Å². The first-order valence-corrected chi connectivity index (χ1v) is 9.86. The van der Waals surface area contributed by atoms with Gasteiger partial charge in [0.05, 0.1) is 11.3 Å². The van der Waals surface area contributed by atoms with Crippen LogP contribution < -0.4 is 15.4 Å². The second-order valence-electron chi connectivity index (χ2n) is 6.67. The maximum Gasteiger partial charge on any atom is 0.416 e. The fourth-order valence-electron chi connectivity index (χ4n) is 2.74. The monoisotopic (exact) mass is 413 g/mol. The van der Waals surface area contributed by atoms with Gasteiger partial charge in [-0.2, -0.15) is 17.9 Å². The van der Waals surface area contributed by atoms with Crippen molar-refractivity contribution in [2.45, 2.75) is 37.0 Å². The summed E-state index contributed by atoms with van der Waals surface area (Å²) < 4.78 is 65.5. The molecule has 0 radical (unpaired) electrons. The van der Waals surface area contributed by atoms with E-state index in [0.29, 0.717) is 23.7 Å². The van der Waals surface area contributed by atoms with E-state index < -0.39 is 33.8 Å². The molecule has 0 bridgehead atoms. The molecule has 0 fully saturated rings. The van der Waals surface area contributed by atoms with E-state index in [1.807, 2.05) is 26.0 Å². The van der Waals surface area contributed by atoms with Crippen LogP contribution in [-0.2, 0) is 21.0 Å². The number of benzene rings is 2. The SMILES string of the molecule is CC(C)c1ccc(NC(=O)[C@H]2Nc3cc(C(F)(F)F)ccc3S(=O)(=O)N2)cc1. The molecule has 6 nitrogen and oxygen atoms in total. The lowest BCUT2D eigenvalue weighted by Gasteiger charge is -2.27. The van der Waals surface area contributed by atoms with E-state index in [-0.39, 0.29) is 10.6 Å². The molecule has 0 aromatic heterocycles. The molecule has 28 heavy (non-hydrogen) atoms. The van der Waals surface area contributed by atoms with Crippen molar-refractivity contribution in [3.8, 4) is 0 Å². The molecule has 0 saturated carbocycles. The Morgan fingerprint density at radius 2 is 1.75 bits per heavy atom. The Balaban J connectivity index is 1.83. The predicted octanol–water partition coefficient (Wildman–Crippen LogP) is 3.50. The summed E-state index contributed by atoms with van der Waals surface area (Å²) >= 11 is 0. The van der Waals surface area contributed by atoms with Gasteiger partial charge < -0.3 is 10.6 Å². The Kier molecular flexibility index (Phi) is 5.11. The molecule has 2 aromatic rings. The number of hydrogen-bond acceptors (Lipinski definition) is 4. The largest absolute Gasteiger partial charge is 0.416 e. The van der Waals surface area contributed by atoms with Gasteiger partial charge in [-0.15, -0.1) is 0 Å². The summed E-state index contributed by atoms with van der Waals surface area (Å²) in [7, 11) is -4.15. The van der Waals surface area contributed by atoms with Gasteiger partial charge in [0.15, 0.2) is 6.17 Å². The predicted molar refractivity (Wildman–Crippen MR) is 98.3 cm³/mol. The first-order valence-electron chi connectivity index (χ1n) is 8.38. The summed E-state index contributed by atoms with van der Waals surface area (Å²) in [6, 6.07) is 9.18. The van der Waals surface area contributed by atoms with E-state index in [2.05, 4.69) is 15.4 Å². The molecule has 1 aliphatic rings. The molecule has 1 atom stereocenters. The number of amides is 1. The number of carbonyl (C=O) groups excluding carboxylic acids is 1. The van der Waals surface area contributed by atoms with E-state index in [9.17, 15) is 26.4 Å². The highest BCUT2D eigenvalue weighted by atomic mass is 32.2. The van der Waals surface area contributed by atoms with E-state index in [4.69, 9.17) is 0 Å². The van der Waals surface area contributed by atoms with Crippen LogP contribution in [0.25, 0.3) is 0 Å². The van der Waals surface area contributed by atoms with Crippen LogP contribution in [0.15, 0.2) is 47.4 Å². The van der Waals surface area contributed by atoms with E-state index >= 15 is 0 Å². The van der Waals surface area contributed by atoms with Crippen molar-refractivity contribution in [3.05, 3.63) is 53.6 Å². The molecule has 150 valence electrons. The number of alkyl halides is 3. The highest BCUT2D eigenvalue weighted by Gasteiger charge is 2.37. The molecular weight excluding hydrogens is 395 g/mol. The average Bonchev–Trinajstić information content (AvgIpc) is 2.60. The molecule has 1 aliphatic heterocycles. The highest BCUT2D eigenvalue weighted by molar-refractivity contribution is 7.89. The van der Waals surface area contributed by atoms with Gasteiger partial charge in [-0.05, 0) is 41.8 Å². The van der Waals surface area contributed by atoms with E-state index in [0.717, 1.165) is 11.6 Å². The minimum absolute atomic E-state index is 0.288. The first kappa shape index (κ1) is 20.2. The van der Waals surface area contributed by atoms with Gasteiger partial charge in [0.25, 0.3) is 5.91 Å². The van der Waals surface area contributed by atoms with Crippen molar-refractivity contribution in [1.82, 2.24) is 4.72 Å². The van der Waals surface area contributed by atoms with Gasteiger partial charge in [-0.3, -0.25) is 4.79 Å². The van der Waals surface area contributed by atoms with Crippen LogP contribution in [0, 0.1) is 0 Å². The number of hydrogen-bond donors (Lipinski definition) is 3. The highest BCUT2D eigenvalue weighted by Crippen LogP contribution is 2.35. The zero-order chi connectivity index (χ0) is 20.7. The lowest BCUT2D eigenvalue weighted by molar-refractivity contribution is -0.137. The van der Waals surface area contributed by atoms with Gasteiger partial charge in [-0.1, -0.05) is 26.0 Å². The standard InChI is InChI=1S/C18H18F3N3O3S/c1-10(2)11-3-6-13(7-4-11)22-17(25)16-23-14-9-12(18(19,20)21)5-8-15(14)28(26,27)24-16/h3-10,16,23-24H,1-2H3,(H,22,25)/t16-/m0/s1. The molecule has 1 amide bonds. The summed E-state index contributed by atoms with van der Waals surface area (Å²) in [6.45, 7) is 4.03. The van der Waals surface area contributed by atoms with E-state index in [1.54, 1.807) is 12.1 Å². The van der Waals surface area contributed by atoms with Gasteiger partial charge >= 0.3 is 6.18 Å².